The summed E-state index contributed by atoms with van der Waals surface area (Å²) in [7, 11) is -1.65. The molecule has 1 heterocycles. The molecule has 0 saturated carbocycles. The van der Waals surface area contributed by atoms with Crippen molar-refractivity contribution in [3.63, 3.8) is 0 Å². The molecule has 0 aromatic carbocycles. The van der Waals surface area contributed by atoms with Gasteiger partial charge in [-0.15, -0.1) is 0 Å². The molecule has 0 spiro atoms. The van der Waals surface area contributed by atoms with E-state index in [9.17, 15) is 0 Å². The Balaban J connectivity index is 2.96. The number of nitrogens with two attached hydrogens (primary N) is 1. The number of nitrogen functional groups attached to an aromatic ring is 1. The lowest BCUT2D eigenvalue weighted by molar-refractivity contribution is 0.422. The van der Waals surface area contributed by atoms with E-state index in [1.54, 1.807) is 0 Å². The smallest absolute Gasteiger partial charge is 0.421 e. The highest BCUT2D eigenvalue weighted by molar-refractivity contribution is 6.56. The summed E-state index contributed by atoms with van der Waals surface area (Å²) in [5.41, 5.74) is 5.14. The molecule has 52 valence electrons. The van der Waals surface area contributed by atoms with Gasteiger partial charge in [0, 0.05) is 6.20 Å². The molecule has 0 radical (unpaired) electrons. The summed E-state index contributed by atoms with van der Waals surface area (Å²) in [4.78, 5) is 7.09. The van der Waals surface area contributed by atoms with Gasteiger partial charge >= 0.3 is 7.12 Å². The molecular weight excluding hydrogens is 133 g/mol. The van der Waals surface area contributed by atoms with Crippen molar-refractivity contribution >= 4 is 18.7 Å². The molecule has 0 atom stereocenters. The van der Waals surface area contributed by atoms with Gasteiger partial charge in [0.1, 0.15) is 5.82 Å². The van der Waals surface area contributed by atoms with Crippen molar-refractivity contribution in [2.24, 2.45) is 0 Å². The fraction of sp³-hybridized carbons (Fsp3) is 0. The zero-order valence-corrected chi connectivity index (χ0v) is 5.10. The highest BCUT2D eigenvalue weighted by Gasteiger charge is 2.13. The van der Waals surface area contributed by atoms with Gasteiger partial charge in [-0.2, -0.15) is 0 Å². The number of hydrogen-bond acceptors (Lipinski definition) is 5. The van der Waals surface area contributed by atoms with E-state index in [-0.39, 0.29) is 11.5 Å². The molecule has 0 unspecified atom stereocenters. The molecular formula is C4H6BN3O2. The molecule has 1 rings (SSSR count). The van der Waals surface area contributed by atoms with Gasteiger partial charge in [-0.25, -0.2) is 9.97 Å². The lowest BCUT2D eigenvalue weighted by Gasteiger charge is -1.96. The first-order valence-corrected chi connectivity index (χ1v) is 2.64. The molecule has 0 amide bonds. The van der Waals surface area contributed by atoms with E-state index in [2.05, 4.69) is 9.97 Å². The van der Waals surface area contributed by atoms with E-state index in [4.69, 9.17) is 15.8 Å². The van der Waals surface area contributed by atoms with Gasteiger partial charge in [0.2, 0.25) is 0 Å². The molecule has 0 fully saturated rings. The normalized spacial score (nSPS) is 9.40. The molecule has 0 bridgehead atoms. The van der Waals surface area contributed by atoms with Gasteiger partial charge in [-0.05, 0) is 6.07 Å². The highest BCUT2D eigenvalue weighted by atomic mass is 16.4. The second-order valence-corrected chi connectivity index (χ2v) is 1.71. The average Bonchev–Trinajstić information content (AvgIpc) is 1.88. The minimum atomic E-state index is -1.65. The summed E-state index contributed by atoms with van der Waals surface area (Å²) >= 11 is 0. The molecule has 0 saturated heterocycles. The summed E-state index contributed by atoms with van der Waals surface area (Å²) < 4.78 is 0. The Kier molecular flexibility index (Phi) is 1.84. The van der Waals surface area contributed by atoms with Gasteiger partial charge in [0.15, 0.2) is 5.72 Å². The standard InChI is InChI=1S/C4H6BN3O2/c6-3-1-2-7-4(8-3)5(9)10/h1-2,9-10H,(H2,6,7,8). The van der Waals surface area contributed by atoms with Crippen LogP contribution in [0.3, 0.4) is 0 Å². The van der Waals surface area contributed by atoms with Gasteiger partial charge < -0.3 is 15.8 Å². The monoisotopic (exact) mass is 139 g/mol. The zero-order chi connectivity index (χ0) is 7.56. The molecule has 1 aromatic heterocycles. The summed E-state index contributed by atoms with van der Waals surface area (Å²) in [5.74, 6) is 0.220. The van der Waals surface area contributed by atoms with Gasteiger partial charge in [0.25, 0.3) is 0 Å². The van der Waals surface area contributed by atoms with Crippen LogP contribution in [-0.4, -0.2) is 27.1 Å². The van der Waals surface area contributed by atoms with E-state index in [0.29, 0.717) is 0 Å². The Hall–Kier alpha value is -1.14. The van der Waals surface area contributed by atoms with Crippen LogP contribution in [0, 0.1) is 0 Å². The van der Waals surface area contributed by atoms with Crippen molar-refractivity contribution in [3.8, 4) is 0 Å². The first kappa shape index (κ1) is 6.98. The van der Waals surface area contributed by atoms with Crippen LogP contribution in [0.1, 0.15) is 0 Å². The van der Waals surface area contributed by atoms with Crippen LogP contribution in [0.15, 0.2) is 12.3 Å². The van der Waals surface area contributed by atoms with Crippen molar-refractivity contribution in [2.45, 2.75) is 0 Å². The van der Waals surface area contributed by atoms with Crippen LogP contribution >= 0.6 is 0 Å². The molecule has 5 nitrogen and oxygen atoms in total. The molecule has 0 aliphatic rings. The van der Waals surface area contributed by atoms with Crippen molar-refractivity contribution in [2.75, 3.05) is 5.73 Å². The molecule has 4 N–H and O–H groups in total. The number of nitrogens with zero attached hydrogens (tertiary/aromatic N) is 2. The van der Waals surface area contributed by atoms with Crippen molar-refractivity contribution < 1.29 is 10.0 Å². The van der Waals surface area contributed by atoms with Crippen molar-refractivity contribution in [1.82, 2.24) is 9.97 Å². The maximum Gasteiger partial charge on any atom is 0.528 e. The quantitative estimate of drug-likeness (QED) is 0.382. The molecule has 6 heteroatoms. The minimum absolute atomic E-state index is 0.0833. The second kappa shape index (κ2) is 2.63. The number of rotatable bonds is 1. The molecule has 10 heavy (non-hydrogen) atoms. The van der Waals surface area contributed by atoms with E-state index in [0.717, 1.165) is 0 Å². The molecule has 1 aromatic rings. The SMILES string of the molecule is Nc1ccnc(B(O)O)n1. The maximum atomic E-state index is 8.52. The third-order valence-electron chi connectivity index (χ3n) is 0.927. The topological polar surface area (TPSA) is 92.3 Å². The summed E-state index contributed by atoms with van der Waals surface area (Å²) in [6.45, 7) is 0. The highest BCUT2D eigenvalue weighted by Crippen LogP contribution is 1.86. The lowest BCUT2D eigenvalue weighted by atomic mass is 9.91. The van der Waals surface area contributed by atoms with Crippen LogP contribution < -0.4 is 11.5 Å². The average molecular weight is 139 g/mol. The molecule has 0 aliphatic carbocycles. The van der Waals surface area contributed by atoms with Gasteiger partial charge in [-0.3, -0.25) is 0 Å². The largest absolute Gasteiger partial charge is 0.528 e. The Labute approximate surface area is 57.7 Å². The van der Waals surface area contributed by atoms with Crippen LogP contribution in [0.4, 0.5) is 5.82 Å². The summed E-state index contributed by atoms with van der Waals surface area (Å²) in [5, 5.41) is 17.0. The Morgan fingerprint density at radius 1 is 1.50 bits per heavy atom. The number of aromatic nitrogens is 2. The summed E-state index contributed by atoms with van der Waals surface area (Å²) in [6, 6.07) is 1.46. The Bertz CT molecular complexity index is 229. The first-order valence-electron chi connectivity index (χ1n) is 2.64. The zero-order valence-electron chi connectivity index (χ0n) is 5.10. The first-order chi connectivity index (χ1) is 4.70. The van der Waals surface area contributed by atoms with Crippen LogP contribution in [0.25, 0.3) is 0 Å². The fourth-order valence-electron chi connectivity index (χ4n) is 0.513. The maximum absolute atomic E-state index is 8.52. The third-order valence-corrected chi connectivity index (χ3v) is 0.927. The van der Waals surface area contributed by atoms with Crippen LogP contribution in [0.5, 0.6) is 0 Å². The lowest BCUT2D eigenvalue weighted by Crippen LogP contribution is -2.35. The number of anilines is 1. The molecule has 0 aliphatic heterocycles. The van der Waals surface area contributed by atoms with Gasteiger partial charge in [0.05, 0.1) is 0 Å². The van der Waals surface area contributed by atoms with E-state index in [1.807, 2.05) is 0 Å². The van der Waals surface area contributed by atoms with Crippen molar-refractivity contribution in [1.29, 1.82) is 0 Å². The van der Waals surface area contributed by atoms with E-state index >= 15 is 0 Å². The van der Waals surface area contributed by atoms with Gasteiger partial charge in [-0.1, -0.05) is 0 Å². The second-order valence-electron chi connectivity index (χ2n) is 1.71. The van der Waals surface area contributed by atoms with Crippen molar-refractivity contribution in [3.05, 3.63) is 12.3 Å². The number of hydrogen-bond donors (Lipinski definition) is 3. The Morgan fingerprint density at radius 3 is 2.60 bits per heavy atom. The van der Waals surface area contributed by atoms with E-state index in [1.165, 1.54) is 12.3 Å². The Morgan fingerprint density at radius 2 is 2.20 bits per heavy atom. The third kappa shape index (κ3) is 1.43. The fourth-order valence-corrected chi connectivity index (χ4v) is 0.513. The van der Waals surface area contributed by atoms with Crippen LogP contribution in [0.2, 0.25) is 0 Å². The predicted octanol–water partition coefficient (Wildman–Crippen LogP) is -2.26. The summed E-state index contributed by atoms with van der Waals surface area (Å²) in [6.07, 6.45) is 1.36. The minimum Gasteiger partial charge on any atom is -0.421 e. The van der Waals surface area contributed by atoms with E-state index < -0.39 is 7.12 Å². The van der Waals surface area contributed by atoms with Crippen LogP contribution in [-0.2, 0) is 0 Å². The predicted molar refractivity (Wildman–Crippen MR) is 36.3 cm³/mol.